The summed E-state index contributed by atoms with van der Waals surface area (Å²) in [6, 6.07) is 0.413. The highest BCUT2D eigenvalue weighted by atomic mass is 127. The van der Waals surface area contributed by atoms with Gasteiger partial charge in [0.05, 0.1) is 6.54 Å². The third-order valence-electron chi connectivity index (χ3n) is 3.53. The van der Waals surface area contributed by atoms with E-state index in [0.29, 0.717) is 11.3 Å². The van der Waals surface area contributed by atoms with Crippen molar-refractivity contribution in [3.05, 3.63) is 0 Å². The lowest BCUT2D eigenvalue weighted by Crippen LogP contribution is -2.46. The van der Waals surface area contributed by atoms with Crippen LogP contribution in [-0.2, 0) is 10.8 Å². The maximum absolute atomic E-state index is 12.0. The zero-order chi connectivity index (χ0) is 14.8. The Morgan fingerprint density at radius 3 is 2.76 bits per heavy atom. The molecule has 1 rings (SSSR count). The molecule has 0 aliphatic heterocycles. The maximum atomic E-state index is 12.0. The van der Waals surface area contributed by atoms with E-state index in [1.165, 1.54) is 0 Å². The Morgan fingerprint density at radius 2 is 2.14 bits per heavy atom. The third-order valence-corrected chi connectivity index (χ3v) is 5.86. The summed E-state index contributed by atoms with van der Waals surface area (Å²) in [6.07, 6.45) is 6.54. The van der Waals surface area contributed by atoms with E-state index in [-0.39, 0.29) is 24.0 Å². The van der Waals surface area contributed by atoms with Gasteiger partial charge in [-0.15, -0.1) is 24.0 Å². The van der Waals surface area contributed by atoms with Gasteiger partial charge in [-0.25, -0.2) is 0 Å². The Balaban J connectivity index is 0.00000400. The number of guanidine groups is 1. The Hall–Kier alpha value is 0.500. The highest BCUT2D eigenvalue weighted by molar-refractivity contribution is 14.0. The molecule has 3 atom stereocenters. The molecule has 2 N–H and O–H groups in total. The number of aliphatic imine (C=N–C) groups is 1. The van der Waals surface area contributed by atoms with Crippen LogP contribution in [0.1, 0.15) is 39.5 Å². The van der Waals surface area contributed by atoms with Crippen LogP contribution in [-0.4, -0.2) is 52.3 Å². The number of rotatable bonds is 7. The van der Waals surface area contributed by atoms with Crippen molar-refractivity contribution in [2.75, 3.05) is 30.9 Å². The molecule has 0 heterocycles. The van der Waals surface area contributed by atoms with Crippen molar-refractivity contribution < 1.29 is 4.21 Å². The summed E-state index contributed by atoms with van der Waals surface area (Å²) in [5.41, 5.74) is 0. The minimum atomic E-state index is -0.663. The smallest absolute Gasteiger partial charge is 0.191 e. The second kappa shape index (κ2) is 13.0. The van der Waals surface area contributed by atoms with Gasteiger partial charge in [0.1, 0.15) is 0 Å². The molecule has 0 radical (unpaired) electrons. The number of hydrogen-bond donors (Lipinski definition) is 2. The van der Waals surface area contributed by atoms with Gasteiger partial charge in [0.25, 0.3) is 0 Å². The molecule has 0 bridgehead atoms. The van der Waals surface area contributed by atoms with E-state index in [1.54, 1.807) is 0 Å². The van der Waals surface area contributed by atoms with Crippen molar-refractivity contribution in [1.82, 2.24) is 10.6 Å². The lowest BCUT2D eigenvalue weighted by Gasteiger charge is -2.30. The molecule has 7 heteroatoms. The van der Waals surface area contributed by atoms with Crippen LogP contribution in [0.5, 0.6) is 0 Å². The molecule has 1 saturated carbocycles. The number of hydrogen-bond acceptors (Lipinski definition) is 3. The van der Waals surface area contributed by atoms with E-state index in [9.17, 15) is 4.21 Å². The van der Waals surface area contributed by atoms with Gasteiger partial charge in [0.15, 0.2) is 5.96 Å². The summed E-state index contributed by atoms with van der Waals surface area (Å²) < 4.78 is 12.0. The molecule has 1 aliphatic carbocycles. The van der Waals surface area contributed by atoms with Gasteiger partial charge in [-0.1, -0.05) is 13.3 Å². The second-order valence-corrected chi connectivity index (χ2v) is 8.04. The molecule has 0 amide bonds. The zero-order valence-electron chi connectivity index (χ0n) is 13.4. The summed E-state index contributed by atoms with van der Waals surface area (Å²) in [7, 11) is -0.663. The fourth-order valence-corrected chi connectivity index (χ4v) is 4.13. The van der Waals surface area contributed by atoms with Crippen LogP contribution in [0.2, 0.25) is 0 Å². The SMILES string of the molecule is CCNC(=NCCSC)NC1CCCC(S(=O)CC)C1.I. The molecule has 0 aromatic rings. The molecule has 21 heavy (non-hydrogen) atoms. The zero-order valence-corrected chi connectivity index (χ0v) is 17.4. The van der Waals surface area contributed by atoms with Crippen molar-refractivity contribution in [3.63, 3.8) is 0 Å². The molecule has 0 spiro atoms. The van der Waals surface area contributed by atoms with E-state index in [0.717, 1.165) is 56.2 Å². The van der Waals surface area contributed by atoms with E-state index in [1.807, 2.05) is 18.7 Å². The number of nitrogens with one attached hydrogen (secondary N) is 2. The van der Waals surface area contributed by atoms with Crippen LogP contribution in [0.15, 0.2) is 4.99 Å². The Labute approximate surface area is 153 Å². The lowest BCUT2D eigenvalue weighted by atomic mass is 9.95. The first-order chi connectivity index (χ1) is 9.71. The lowest BCUT2D eigenvalue weighted by molar-refractivity contribution is 0.413. The molecule has 0 aromatic heterocycles. The topological polar surface area (TPSA) is 53.5 Å². The predicted molar refractivity (Wildman–Crippen MR) is 108 cm³/mol. The first-order valence-electron chi connectivity index (χ1n) is 7.62. The molecule has 126 valence electrons. The van der Waals surface area contributed by atoms with Crippen molar-refractivity contribution in [3.8, 4) is 0 Å². The maximum Gasteiger partial charge on any atom is 0.191 e. The second-order valence-electron chi connectivity index (χ2n) is 5.05. The third kappa shape index (κ3) is 8.64. The van der Waals surface area contributed by atoms with Gasteiger partial charge < -0.3 is 10.6 Å². The summed E-state index contributed by atoms with van der Waals surface area (Å²) >= 11 is 1.81. The highest BCUT2D eigenvalue weighted by Gasteiger charge is 2.25. The Morgan fingerprint density at radius 1 is 1.38 bits per heavy atom. The standard InChI is InChI=1S/C14H29N3OS2.HI/c1-4-15-14(16-9-10-19-3)17-12-7-6-8-13(11-12)20(18)5-2;/h12-13H,4-11H2,1-3H3,(H2,15,16,17);1H. The van der Waals surface area contributed by atoms with Gasteiger partial charge in [-0.2, -0.15) is 11.8 Å². The van der Waals surface area contributed by atoms with Crippen LogP contribution < -0.4 is 10.6 Å². The van der Waals surface area contributed by atoms with E-state index >= 15 is 0 Å². The summed E-state index contributed by atoms with van der Waals surface area (Å²) in [5.74, 6) is 2.73. The first-order valence-corrected chi connectivity index (χ1v) is 10.4. The summed E-state index contributed by atoms with van der Waals surface area (Å²) in [4.78, 5) is 4.59. The molecule has 1 aliphatic rings. The number of nitrogens with zero attached hydrogens (tertiary/aromatic N) is 1. The van der Waals surface area contributed by atoms with Gasteiger partial charge in [0, 0.05) is 40.1 Å². The van der Waals surface area contributed by atoms with Gasteiger partial charge in [-0.05, 0) is 32.4 Å². The molecular weight excluding hydrogens is 417 g/mol. The average molecular weight is 447 g/mol. The number of thioether (sulfide) groups is 1. The van der Waals surface area contributed by atoms with Crippen molar-refractivity contribution in [2.24, 2.45) is 4.99 Å². The Bertz CT molecular complexity index is 329. The van der Waals surface area contributed by atoms with Crippen molar-refractivity contribution in [1.29, 1.82) is 0 Å². The minimum Gasteiger partial charge on any atom is -0.357 e. The Kier molecular flexibility index (Phi) is 13.3. The van der Waals surface area contributed by atoms with E-state index < -0.39 is 10.8 Å². The van der Waals surface area contributed by atoms with Gasteiger partial charge >= 0.3 is 0 Å². The fraction of sp³-hybridized carbons (Fsp3) is 0.929. The summed E-state index contributed by atoms with van der Waals surface area (Å²) in [5, 5.41) is 7.18. The molecular formula is C14H30IN3OS2. The predicted octanol–water partition coefficient (Wildman–Crippen LogP) is 2.60. The summed E-state index contributed by atoms with van der Waals surface area (Å²) in [6.45, 7) is 5.82. The van der Waals surface area contributed by atoms with Crippen molar-refractivity contribution in [2.45, 2.75) is 50.8 Å². The largest absolute Gasteiger partial charge is 0.357 e. The average Bonchev–Trinajstić information content (AvgIpc) is 2.47. The van der Waals surface area contributed by atoms with E-state index in [2.05, 4.69) is 28.8 Å². The molecule has 0 saturated heterocycles. The first kappa shape index (κ1) is 21.5. The molecule has 1 fully saturated rings. The minimum absolute atomic E-state index is 0. The molecule has 0 aromatic carbocycles. The van der Waals surface area contributed by atoms with Crippen LogP contribution in [0.4, 0.5) is 0 Å². The van der Waals surface area contributed by atoms with Crippen LogP contribution >= 0.6 is 35.7 Å². The van der Waals surface area contributed by atoms with Crippen LogP contribution in [0.25, 0.3) is 0 Å². The molecule has 3 unspecified atom stereocenters. The van der Waals surface area contributed by atoms with Gasteiger partial charge in [0.2, 0.25) is 0 Å². The van der Waals surface area contributed by atoms with Crippen molar-refractivity contribution >= 4 is 52.5 Å². The normalized spacial score (nSPS) is 24.0. The van der Waals surface area contributed by atoms with Crippen LogP contribution in [0, 0.1) is 0 Å². The highest BCUT2D eigenvalue weighted by Crippen LogP contribution is 2.22. The van der Waals surface area contributed by atoms with Crippen LogP contribution in [0.3, 0.4) is 0 Å². The monoisotopic (exact) mass is 447 g/mol. The van der Waals surface area contributed by atoms with E-state index in [4.69, 9.17) is 0 Å². The van der Waals surface area contributed by atoms with Gasteiger partial charge in [-0.3, -0.25) is 9.20 Å². The quantitative estimate of drug-likeness (QED) is 0.273. The molecule has 4 nitrogen and oxygen atoms in total. The fourth-order valence-electron chi connectivity index (χ4n) is 2.51. The number of halogens is 1.